The fourth-order valence-electron chi connectivity index (χ4n) is 5.11. The van der Waals surface area contributed by atoms with Crippen LogP contribution in [0.4, 0.5) is 0 Å². The van der Waals surface area contributed by atoms with Gasteiger partial charge in [-0.05, 0) is 75.3 Å². The number of nitriles is 1. The number of nitrogens with one attached hydrogen (secondary N) is 1. The molecule has 2 aliphatic rings. The number of benzene rings is 2. The predicted molar refractivity (Wildman–Crippen MR) is 141 cm³/mol. The Balaban J connectivity index is 1.37. The van der Waals surface area contributed by atoms with Gasteiger partial charge in [0.05, 0.1) is 18.2 Å². The first kappa shape index (κ1) is 24.4. The predicted octanol–water partition coefficient (Wildman–Crippen LogP) is 5.12. The quantitative estimate of drug-likeness (QED) is 0.483. The van der Waals surface area contributed by atoms with Crippen LogP contribution >= 0.6 is 11.3 Å². The molecule has 7 nitrogen and oxygen atoms in total. The van der Waals surface area contributed by atoms with Crippen molar-refractivity contribution in [2.75, 3.05) is 19.6 Å². The maximum atomic E-state index is 12.6. The van der Waals surface area contributed by atoms with E-state index in [1.165, 1.54) is 22.5 Å². The number of rotatable bonds is 7. The summed E-state index contributed by atoms with van der Waals surface area (Å²) in [5.41, 5.74) is 5.00. The summed E-state index contributed by atoms with van der Waals surface area (Å²) in [4.78, 5) is 14.5. The molecule has 1 aliphatic heterocycles. The van der Waals surface area contributed by atoms with Crippen LogP contribution < -0.4 is 10.1 Å². The van der Waals surface area contributed by atoms with Crippen molar-refractivity contribution in [2.45, 2.75) is 58.1 Å². The molecule has 2 heterocycles. The molecule has 8 heteroatoms. The first-order valence-electron chi connectivity index (χ1n) is 12.7. The van der Waals surface area contributed by atoms with Gasteiger partial charge in [0.2, 0.25) is 5.91 Å². The van der Waals surface area contributed by atoms with E-state index in [2.05, 4.69) is 39.8 Å². The van der Waals surface area contributed by atoms with Gasteiger partial charge >= 0.3 is 0 Å². The molecule has 1 aliphatic carbocycles. The number of amides is 1. The lowest BCUT2D eigenvalue weighted by molar-refractivity contribution is -0.129. The highest BCUT2D eigenvalue weighted by molar-refractivity contribution is 7.17. The third-order valence-corrected chi connectivity index (χ3v) is 7.84. The lowest BCUT2D eigenvalue weighted by Gasteiger charge is -2.28. The lowest BCUT2D eigenvalue weighted by Crippen LogP contribution is -2.38. The van der Waals surface area contributed by atoms with Crippen LogP contribution in [0.3, 0.4) is 0 Å². The molecule has 2 aromatic carbocycles. The van der Waals surface area contributed by atoms with Gasteiger partial charge in [0.15, 0.2) is 0 Å². The highest BCUT2D eigenvalue weighted by Crippen LogP contribution is 2.39. The Morgan fingerprint density at radius 2 is 2.00 bits per heavy atom. The SMILES string of the molecule is CC(C)Oc1ccc(-c2nnc(-c3cccc4c3CCCC4NCC(=O)N3CCCC3)s2)cc1C#N. The van der Waals surface area contributed by atoms with Gasteiger partial charge < -0.3 is 15.0 Å². The number of ether oxygens (including phenoxy) is 1. The molecule has 0 saturated carbocycles. The van der Waals surface area contributed by atoms with Gasteiger partial charge in [0.1, 0.15) is 21.8 Å². The summed E-state index contributed by atoms with van der Waals surface area (Å²) in [5.74, 6) is 0.783. The summed E-state index contributed by atoms with van der Waals surface area (Å²) in [7, 11) is 0. The number of nitrogens with zero attached hydrogens (tertiary/aromatic N) is 4. The van der Waals surface area contributed by atoms with Crippen LogP contribution in [0.5, 0.6) is 5.75 Å². The zero-order valence-electron chi connectivity index (χ0n) is 20.8. The van der Waals surface area contributed by atoms with Gasteiger partial charge in [-0.25, -0.2) is 0 Å². The third kappa shape index (κ3) is 5.13. The number of hydrogen-bond acceptors (Lipinski definition) is 7. The fraction of sp³-hybridized carbons (Fsp3) is 0.429. The lowest BCUT2D eigenvalue weighted by atomic mass is 9.85. The van der Waals surface area contributed by atoms with Crippen LogP contribution in [0.1, 0.15) is 62.3 Å². The molecule has 3 aromatic rings. The standard InChI is InChI=1S/C28H31N5O2S/c1-18(2)35-25-12-11-19(15-20(25)16-29)27-31-32-28(36-27)23-9-5-8-22-21(23)7-6-10-24(22)30-17-26(34)33-13-3-4-14-33/h5,8-9,11-12,15,18,24,30H,3-4,6-7,10,13-14,17H2,1-2H3. The van der Waals surface area contributed by atoms with Crippen molar-refractivity contribution in [3.05, 3.63) is 53.1 Å². The number of fused-ring (bicyclic) bond motifs is 1. The van der Waals surface area contributed by atoms with Crippen LogP contribution in [0, 0.1) is 11.3 Å². The van der Waals surface area contributed by atoms with Crippen molar-refractivity contribution in [3.63, 3.8) is 0 Å². The van der Waals surface area contributed by atoms with E-state index in [0.29, 0.717) is 17.9 Å². The van der Waals surface area contributed by atoms with E-state index in [-0.39, 0.29) is 18.1 Å². The first-order valence-corrected chi connectivity index (χ1v) is 13.5. The Morgan fingerprint density at radius 1 is 1.19 bits per heavy atom. The maximum absolute atomic E-state index is 12.6. The summed E-state index contributed by atoms with van der Waals surface area (Å²) >= 11 is 1.53. The van der Waals surface area contributed by atoms with Crippen molar-refractivity contribution in [1.82, 2.24) is 20.4 Å². The highest BCUT2D eigenvalue weighted by Gasteiger charge is 2.25. The molecule has 0 bridgehead atoms. The second-order valence-electron chi connectivity index (χ2n) is 9.69. The molecule has 1 aromatic heterocycles. The van der Waals surface area contributed by atoms with Crippen molar-refractivity contribution in [3.8, 4) is 33.0 Å². The van der Waals surface area contributed by atoms with E-state index in [4.69, 9.17) is 4.74 Å². The average Bonchev–Trinajstić information content (AvgIpc) is 3.60. The zero-order chi connectivity index (χ0) is 25.1. The topological polar surface area (TPSA) is 91.1 Å². The van der Waals surface area contributed by atoms with Crippen LogP contribution in [0.25, 0.3) is 21.1 Å². The van der Waals surface area contributed by atoms with Gasteiger partial charge in [-0.2, -0.15) is 5.26 Å². The molecule has 1 unspecified atom stereocenters. The number of carbonyl (C=O) groups excluding carboxylic acids is 1. The minimum Gasteiger partial charge on any atom is -0.490 e. The normalized spacial score (nSPS) is 17.2. The minimum atomic E-state index is -0.00278. The molecular weight excluding hydrogens is 470 g/mol. The van der Waals surface area contributed by atoms with Gasteiger partial charge in [0.25, 0.3) is 0 Å². The summed E-state index contributed by atoms with van der Waals surface area (Å²) in [6.45, 7) is 6.04. The number of hydrogen-bond donors (Lipinski definition) is 1. The van der Waals surface area contributed by atoms with Crippen molar-refractivity contribution in [1.29, 1.82) is 5.26 Å². The van der Waals surface area contributed by atoms with Crippen LogP contribution in [-0.2, 0) is 11.2 Å². The second kappa shape index (κ2) is 10.8. The molecule has 186 valence electrons. The van der Waals surface area contributed by atoms with Gasteiger partial charge in [0, 0.05) is 30.3 Å². The maximum Gasteiger partial charge on any atom is 0.236 e. The molecule has 1 amide bonds. The summed E-state index contributed by atoms with van der Waals surface area (Å²) in [5, 5.41) is 23.7. The molecule has 1 N–H and O–H groups in total. The number of aromatic nitrogens is 2. The smallest absolute Gasteiger partial charge is 0.236 e. The van der Waals surface area contributed by atoms with Crippen LogP contribution in [-0.4, -0.2) is 46.7 Å². The molecule has 1 fully saturated rings. The largest absolute Gasteiger partial charge is 0.490 e. The third-order valence-electron chi connectivity index (χ3n) is 6.83. The summed E-state index contributed by atoms with van der Waals surface area (Å²) in [6.07, 6.45) is 5.29. The Labute approximate surface area is 216 Å². The molecule has 0 radical (unpaired) electrons. The van der Waals surface area contributed by atoms with Crippen molar-refractivity contribution < 1.29 is 9.53 Å². The summed E-state index contributed by atoms with van der Waals surface area (Å²) in [6, 6.07) is 14.3. The minimum absolute atomic E-state index is 0.00278. The molecule has 1 atom stereocenters. The van der Waals surface area contributed by atoms with E-state index in [1.807, 2.05) is 36.9 Å². The Kier molecular flexibility index (Phi) is 7.30. The molecule has 5 rings (SSSR count). The van der Waals surface area contributed by atoms with E-state index >= 15 is 0 Å². The van der Waals surface area contributed by atoms with E-state index in [1.54, 1.807) is 0 Å². The highest BCUT2D eigenvalue weighted by atomic mass is 32.1. The van der Waals surface area contributed by atoms with Gasteiger partial charge in [-0.3, -0.25) is 4.79 Å². The summed E-state index contributed by atoms with van der Waals surface area (Å²) < 4.78 is 5.75. The Bertz CT molecular complexity index is 1290. The Hall–Kier alpha value is -3.28. The second-order valence-corrected chi connectivity index (χ2v) is 10.7. The molecule has 36 heavy (non-hydrogen) atoms. The van der Waals surface area contributed by atoms with E-state index in [0.717, 1.165) is 66.3 Å². The molecular formula is C28H31N5O2S. The van der Waals surface area contributed by atoms with Gasteiger partial charge in [-0.1, -0.05) is 29.5 Å². The van der Waals surface area contributed by atoms with Gasteiger partial charge in [-0.15, -0.1) is 10.2 Å². The van der Waals surface area contributed by atoms with E-state index < -0.39 is 0 Å². The van der Waals surface area contributed by atoms with Crippen molar-refractivity contribution >= 4 is 17.2 Å². The zero-order valence-corrected chi connectivity index (χ0v) is 21.6. The fourth-order valence-corrected chi connectivity index (χ4v) is 6.00. The average molecular weight is 502 g/mol. The van der Waals surface area contributed by atoms with Crippen molar-refractivity contribution in [2.24, 2.45) is 0 Å². The molecule has 1 saturated heterocycles. The first-order chi connectivity index (χ1) is 17.5. The molecule has 0 spiro atoms. The van der Waals surface area contributed by atoms with Crippen LogP contribution in [0.15, 0.2) is 36.4 Å². The monoisotopic (exact) mass is 501 g/mol. The number of likely N-dealkylation sites (tertiary alicyclic amines) is 1. The Morgan fingerprint density at radius 3 is 2.78 bits per heavy atom. The van der Waals surface area contributed by atoms with E-state index in [9.17, 15) is 10.1 Å². The number of carbonyl (C=O) groups is 1. The van der Waals surface area contributed by atoms with Crippen LogP contribution in [0.2, 0.25) is 0 Å².